The van der Waals surface area contributed by atoms with Crippen LogP contribution in [0, 0.1) is 11.8 Å². The van der Waals surface area contributed by atoms with Gasteiger partial charge in [0.2, 0.25) is 0 Å². The number of rotatable bonds is 10. The highest BCUT2D eigenvalue weighted by atomic mass is 16.5. The Morgan fingerprint density at radius 2 is 1.57 bits per heavy atom. The Kier molecular flexibility index (Phi) is 8.41. The van der Waals surface area contributed by atoms with Gasteiger partial charge in [0, 0.05) is 6.42 Å². The largest absolute Gasteiger partial charge is 0.490 e. The molecule has 0 bridgehead atoms. The van der Waals surface area contributed by atoms with Gasteiger partial charge in [0.25, 0.3) is 0 Å². The van der Waals surface area contributed by atoms with E-state index in [2.05, 4.69) is 23.8 Å². The van der Waals surface area contributed by atoms with Crippen molar-refractivity contribution in [3.05, 3.63) is 18.2 Å². The first-order chi connectivity index (χ1) is 11.3. The van der Waals surface area contributed by atoms with E-state index in [4.69, 9.17) is 4.74 Å². The molecular formula is C20H34N2O. The molecule has 0 unspecified atom stereocenters. The minimum atomic E-state index is 0.740. The number of unbranched alkanes of at least 4 members (excludes halogenated alkanes) is 2. The standard InChI is InChI=1S/C20H34N2O/c1-3-5-6-7-17-8-10-18(11-9-17)12-13-20-21-15-19(16-22-20)23-14-4-2/h15-18H,3-14H2,1-2H3. The third-order valence-electron chi connectivity index (χ3n) is 5.11. The topological polar surface area (TPSA) is 35.0 Å². The van der Waals surface area contributed by atoms with Crippen molar-refractivity contribution in [1.82, 2.24) is 9.97 Å². The summed E-state index contributed by atoms with van der Waals surface area (Å²) in [6.45, 7) is 5.14. The van der Waals surface area contributed by atoms with Gasteiger partial charge in [0.05, 0.1) is 19.0 Å². The van der Waals surface area contributed by atoms with Crippen LogP contribution in [-0.2, 0) is 6.42 Å². The molecule has 2 rings (SSSR count). The highest BCUT2D eigenvalue weighted by molar-refractivity contribution is 5.12. The third kappa shape index (κ3) is 6.88. The van der Waals surface area contributed by atoms with E-state index in [-0.39, 0.29) is 0 Å². The van der Waals surface area contributed by atoms with Gasteiger partial charge in [-0.25, -0.2) is 9.97 Å². The van der Waals surface area contributed by atoms with Crippen molar-refractivity contribution >= 4 is 0 Å². The summed E-state index contributed by atoms with van der Waals surface area (Å²) in [7, 11) is 0. The van der Waals surface area contributed by atoms with E-state index in [1.165, 1.54) is 57.8 Å². The normalized spacial score (nSPS) is 21.3. The van der Waals surface area contributed by atoms with Gasteiger partial charge in [-0.05, 0) is 24.7 Å². The number of hydrogen-bond acceptors (Lipinski definition) is 3. The van der Waals surface area contributed by atoms with E-state index in [9.17, 15) is 0 Å². The van der Waals surface area contributed by atoms with Crippen LogP contribution in [-0.4, -0.2) is 16.6 Å². The van der Waals surface area contributed by atoms with Crippen LogP contribution < -0.4 is 4.74 Å². The maximum Gasteiger partial charge on any atom is 0.155 e. The lowest BCUT2D eigenvalue weighted by Crippen LogP contribution is -2.15. The maximum absolute atomic E-state index is 5.53. The second-order valence-electron chi connectivity index (χ2n) is 7.10. The van der Waals surface area contributed by atoms with Crippen molar-refractivity contribution in [1.29, 1.82) is 0 Å². The quantitative estimate of drug-likeness (QED) is 0.528. The summed E-state index contributed by atoms with van der Waals surface area (Å²) >= 11 is 0. The summed E-state index contributed by atoms with van der Waals surface area (Å²) < 4.78 is 5.53. The highest BCUT2D eigenvalue weighted by Crippen LogP contribution is 2.34. The van der Waals surface area contributed by atoms with Gasteiger partial charge in [-0.15, -0.1) is 0 Å². The van der Waals surface area contributed by atoms with Crippen LogP contribution in [0.5, 0.6) is 5.75 Å². The summed E-state index contributed by atoms with van der Waals surface area (Å²) in [6.07, 6.45) is 18.3. The molecule has 0 aromatic carbocycles. The fourth-order valence-electron chi connectivity index (χ4n) is 3.59. The Morgan fingerprint density at radius 1 is 0.913 bits per heavy atom. The van der Waals surface area contributed by atoms with Gasteiger partial charge in [0.1, 0.15) is 5.82 Å². The molecule has 1 fully saturated rings. The van der Waals surface area contributed by atoms with Crippen molar-refractivity contribution in [3.63, 3.8) is 0 Å². The molecule has 1 aromatic heterocycles. The molecule has 0 spiro atoms. The highest BCUT2D eigenvalue weighted by Gasteiger charge is 2.20. The monoisotopic (exact) mass is 318 g/mol. The molecule has 0 N–H and O–H groups in total. The molecule has 23 heavy (non-hydrogen) atoms. The van der Waals surface area contributed by atoms with Crippen LogP contribution in [0.3, 0.4) is 0 Å². The van der Waals surface area contributed by atoms with Crippen molar-refractivity contribution < 1.29 is 4.74 Å². The molecule has 3 heteroatoms. The molecule has 1 aromatic rings. The van der Waals surface area contributed by atoms with E-state index >= 15 is 0 Å². The summed E-state index contributed by atoms with van der Waals surface area (Å²) in [5, 5.41) is 0. The average molecular weight is 319 g/mol. The third-order valence-corrected chi connectivity index (χ3v) is 5.11. The Labute approximate surface area is 142 Å². The van der Waals surface area contributed by atoms with E-state index < -0.39 is 0 Å². The number of ether oxygens (including phenoxy) is 1. The van der Waals surface area contributed by atoms with Crippen LogP contribution in [0.1, 0.15) is 83.9 Å². The van der Waals surface area contributed by atoms with Gasteiger partial charge in [-0.2, -0.15) is 0 Å². The Morgan fingerprint density at radius 3 is 2.17 bits per heavy atom. The zero-order chi connectivity index (χ0) is 16.3. The molecule has 0 radical (unpaired) electrons. The lowest BCUT2D eigenvalue weighted by molar-refractivity contribution is 0.248. The van der Waals surface area contributed by atoms with Gasteiger partial charge >= 0.3 is 0 Å². The predicted molar refractivity (Wildman–Crippen MR) is 95.7 cm³/mol. The average Bonchev–Trinajstić information content (AvgIpc) is 2.60. The number of aromatic nitrogens is 2. The van der Waals surface area contributed by atoms with Gasteiger partial charge in [-0.1, -0.05) is 65.2 Å². The number of aryl methyl sites for hydroxylation is 1. The van der Waals surface area contributed by atoms with Crippen LogP contribution in [0.15, 0.2) is 12.4 Å². The summed E-state index contributed by atoms with van der Waals surface area (Å²) in [5.74, 6) is 3.66. The van der Waals surface area contributed by atoms with Crippen LogP contribution >= 0.6 is 0 Å². The van der Waals surface area contributed by atoms with Crippen molar-refractivity contribution in [2.75, 3.05) is 6.61 Å². The summed E-state index contributed by atoms with van der Waals surface area (Å²) in [6, 6.07) is 0. The molecular weight excluding hydrogens is 284 g/mol. The van der Waals surface area contributed by atoms with E-state index in [0.717, 1.165) is 42.9 Å². The molecule has 0 amide bonds. The molecule has 1 aliphatic rings. The molecule has 3 nitrogen and oxygen atoms in total. The van der Waals surface area contributed by atoms with Gasteiger partial charge in [-0.3, -0.25) is 0 Å². The van der Waals surface area contributed by atoms with E-state index in [0.29, 0.717) is 0 Å². The minimum absolute atomic E-state index is 0.740. The summed E-state index contributed by atoms with van der Waals surface area (Å²) in [4.78, 5) is 8.89. The zero-order valence-corrected chi connectivity index (χ0v) is 15.1. The maximum atomic E-state index is 5.53. The first kappa shape index (κ1) is 18.2. The molecule has 130 valence electrons. The lowest BCUT2D eigenvalue weighted by atomic mass is 9.78. The lowest BCUT2D eigenvalue weighted by Gasteiger charge is -2.28. The van der Waals surface area contributed by atoms with E-state index in [1.807, 2.05) is 12.4 Å². The molecule has 0 aliphatic heterocycles. The Hall–Kier alpha value is -1.12. The SMILES string of the molecule is CCCCCC1CCC(CCc2ncc(OCCC)cn2)CC1. The van der Waals surface area contributed by atoms with Crippen LogP contribution in [0.25, 0.3) is 0 Å². The molecule has 1 saturated carbocycles. The minimum Gasteiger partial charge on any atom is -0.490 e. The second kappa shape index (κ2) is 10.6. The number of nitrogens with zero attached hydrogens (tertiary/aromatic N) is 2. The van der Waals surface area contributed by atoms with Crippen molar-refractivity contribution in [2.24, 2.45) is 11.8 Å². The van der Waals surface area contributed by atoms with Crippen molar-refractivity contribution in [2.45, 2.75) is 84.5 Å². The van der Waals surface area contributed by atoms with Crippen molar-refractivity contribution in [3.8, 4) is 5.75 Å². The predicted octanol–water partition coefficient (Wildman–Crippen LogP) is 5.58. The van der Waals surface area contributed by atoms with E-state index in [1.54, 1.807) is 0 Å². The van der Waals surface area contributed by atoms with Gasteiger partial charge in [0.15, 0.2) is 5.75 Å². The van der Waals surface area contributed by atoms with Crippen LogP contribution in [0.2, 0.25) is 0 Å². The molecule has 0 atom stereocenters. The Bertz CT molecular complexity index is 410. The number of hydrogen-bond donors (Lipinski definition) is 0. The molecule has 0 saturated heterocycles. The molecule has 1 heterocycles. The fraction of sp³-hybridized carbons (Fsp3) is 0.800. The summed E-state index contributed by atoms with van der Waals surface area (Å²) in [5.41, 5.74) is 0. The zero-order valence-electron chi connectivity index (χ0n) is 15.1. The Balaban J connectivity index is 1.63. The fourth-order valence-corrected chi connectivity index (χ4v) is 3.59. The first-order valence-corrected chi connectivity index (χ1v) is 9.75. The second-order valence-corrected chi connectivity index (χ2v) is 7.10. The first-order valence-electron chi connectivity index (χ1n) is 9.75. The smallest absolute Gasteiger partial charge is 0.155 e. The van der Waals surface area contributed by atoms with Crippen LogP contribution in [0.4, 0.5) is 0 Å². The molecule has 1 aliphatic carbocycles. The van der Waals surface area contributed by atoms with Gasteiger partial charge < -0.3 is 4.74 Å².